The van der Waals surface area contributed by atoms with E-state index < -0.39 is 0 Å². The largest absolute Gasteiger partial charge is 0.312 e. The molecule has 70 valence electrons. The number of hydrogen-bond donors (Lipinski definition) is 1. The molecule has 0 aromatic carbocycles. The Morgan fingerprint density at radius 2 is 2.46 bits per heavy atom. The third kappa shape index (κ3) is 6.98. The van der Waals surface area contributed by atoms with E-state index >= 15 is 0 Å². The molecule has 0 heterocycles. The monoisotopic (exact) mass is 177 g/mol. The van der Waals surface area contributed by atoms with Gasteiger partial charge in [-0.2, -0.15) is 5.26 Å². The van der Waals surface area contributed by atoms with Crippen LogP contribution in [-0.2, 0) is 0 Å². The molecule has 13 heavy (non-hydrogen) atoms. The fourth-order valence-electron chi connectivity index (χ4n) is 0.842. The molecule has 0 aliphatic heterocycles. The quantitative estimate of drug-likeness (QED) is 0.377. The van der Waals surface area contributed by atoms with Crippen molar-refractivity contribution in [3.05, 3.63) is 24.3 Å². The molecule has 0 spiro atoms. The lowest BCUT2D eigenvalue weighted by Gasteiger charge is -2.01. The number of allylic oxidation sites excluding steroid dienone is 2. The molecule has 0 fully saturated rings. The van der Waals surface area contributed by atoms with Crippen molar-refractivity contribution in [1.82, 2.24) is 5.32 Å². The van der Waals surface area contributed by atoms with E-state index in [1.165, 1.54) is 0 Å². The van der Waals surface area contributed by atoms with Crippen molar-refractivity contribution in [2.45, 2.75) is 6.42 Å². The molecule has 0 rings (SSSR count). The van der Waals surface area contributed by atoms with Gasteiger partial charge in [0.25, 0.3) is 0 Å². The SMILES string of the molecule is C=C/C=C(\C=NC)CNCCC#N. The maximum atomic E-state index is 8.29. The number of rotatable bonds is 6. The van der Waals surface area contributed by atoms with Gasteiger partial charge in [-0.3, -0.25) is 4.99 Å². The summed E-state index contributed by atoms with van der Waals surface area (Å²) in [4.78, 5) is 3.91. The second kappa shape index (κ2) is 8.69. The molecule has 0 atom stereocenters. The fraction of sp³-hybridized carbons (Fsp3) is 0.400. The third-order valence-corrected chi connectivity index (χ3v) is 1.37. The van der Waals surface area contributed by atoms with Crippen molar-refractivity contribution in [1.29, 1.82) is 5.26 Å². The third-order valence-electron chi connectivity index (χ3n) is 1.37. The molecule has 1 N–H and O–H groups in total. The van der Waals surface area contributed by atoms with Crippen LogP contribution in [0.2, 0.25) is 0 Å². The smallest absolute Gasteiger partial charge is 0.0635 e. The van der Waals surface area contributed by atoms with Crippen LogP contribution in [0.3, 0.4) is 0 Å². The van der Waals surface area contributed by atoms with E-state index in [1.54, 1.807) is 19.3 Å². The maximum absolute atomic E-state index is 8.29. The highest BCUT2D eigenvalue weighted by atomic mass is 14.8. The van der Waals surface area contributed by atoms with Gasteiger partial charge in [0.05, 0.1) is 6.07 Å². The zero-order valence-corrected chi connectivity index (χ0v) is 7.95. The van der Waals surface area contributed by atoms with E-state index in [-0.39, 0.29) is 0 Å². The first-order valence-electron chi connectivity index (χ1n) is 4.16. The molecule has 0 saturated heterocycles. The van der Waals surface area contributed by atoms with Crippen LogP contribution in [0.15, 0.2) is 29.3 Å². The molecular formula is C10H15N3. The summed E-state index contributed by atoms with van der Waals surface area (Å²) in [5.41, 5.74) is 1.07. The Bertz CT molecular complexity index is 233. The molecule has 0 aliphatic carbocycles. The minimum Gasteiger partial charge on any atom is -0.312 e. The zero-order valence-electron chi connectivity index (χ0n) is 7.95. The van der Waals surface area contributed by atoms with Gasteiger partial charge in [0.15, 0.2) is 0 Å². The second-order valence-corrected chi connectivity index (χ2v) is 2.45. The van der Waals surface area contributed by atoms with Crippen molar-refractivity contribution >= 4 is 6.21 Å². The summed E-state index contributed by atoms with van der Waals surface area (Å²) in [6.07, 6.45) is 5.93. The van der Waals surface area contributed by atoms with Crippen molar-refractivity contribution in [2.75, 3.05) is 20.1 Å². The van der Waals surface area contributed by atoms with Crippen LogP contribution >= 0.6 is 0 Å². The van der Waals surface area contributed by atoms with E-state index in [9.17, 15) is 0 Å². The summed E-state index contributed by atoms with van der Waals surface area (Å²) < 4.78 is 0. The van der Waals surface area contributed by atoms with Crippen LogP contribution in [0.1, 0.15) is 6.42 Å². The lowest BCUT2D eigenvalue weighted by atomic mass is 10.2. The van der Waals surface area contributed by atoms with Gasteiger partial charge in [-0.25, -0.2) is 0 Å². The highest BCUT2D eigenvalue weighted by Gasteiger charge is 1.90. The number of aliphatic imine (C=N–C) groups is 1. The standard InChI is InChI=1S/C10H15N3/c1-3-5-10(8-12-2)9-13-7-4-6-11/h3,5,8,13H,1,4,7,9H2,2H3/b10-5+,12-8?. The van der Waals surface area contributed by atoms with Gasteiger partial charge in [0.2, 0.25) is 0 Å². The number of hydrogen-bond acceptors (Lipinski definition) is 3. The van der Waals surface area contributed by atoms with Crippen LogP contribution < -0.4 is 5.32 Å². The van der Waals surface area contributed by atoms with E-state index in [4.69, 9.17) is 5.26 Å². The summed E-state index contributed by atoms with van der Waals surface area (Å²) in [6, 6.07) is 2.07. The summed E-state index contributed by atoms with van der Waals surface area (Å²) >= 11 is 0. The highest BCUT2D eigenvalue weighted by molar-refractivity contribution is 5.79. The Hall–Kier alpha value is -1.40. The predicted molar refractivity (Wildman–Crippen MR) is 55.8 cm³/mol. The van der Waals surface area contributed by atoms with Gasteiger partial charge < -0.3 is 5.32 Å². The molecule has 0 aromatic rings. The average Bonchev–Trinajstić information content (AvgIpc) is 2.13. The summed E-state index contributed by atoms with van der Waals surface area (Å²) in [5, 5.41) is 11.4. The van der Waals surface area contributed by atoms with Crippen molar-refractivity contribution in [3.8, 4) is 6.07 Å². The molecule has 3 heteroatoms. The minimum absolute atomic E-state index is 0.532. The zero-order chi connectivity index (χ0) is 9.94. The van der Waals surface area contributed by atoms with Crippen molar-refractivity contribution in [2.24, 2.45) is 4.99 Å². The Morgan fingerprint density at radius 3 is 3.00 bits per heavy atom. The minimum atomic E-state index is 0.532. The normalized spacial score (nSPS) is 11.5. The van der Waals surface area contributed by atoms with Crippen LogP contribution in [-0.4, -0.2) is 26.4 Å². The van der Waals surface area contributed by atoms with Gasteiger partial charge in [0.1, 0.15) is 0 Å². The Labute approximate surface area is 79.5 Å². The molecule has 0 aromatic heterocycles. The van der Waals surface area contributed by atoms with Crippen LogP contribution in [0, 0.1) is 11.3 Å². The predicted octanol–water partition coefficient (Wildman–Crippen LogP) is 1.30. The van der Waals surface area contributed by atoms with E-state index in [2.05, 4.69) is 23.0 Å². The van der Waals surface area contributed by atoms with Gasteiger partial charge >= 0.3 is 0 Å². The van der Waals surface area contributed by atoms with Gasteiger partial charge in [-0.15, -0.1) is 0 Å². The van der Waals surface area contributed by atoms with Gasteiger partial charge in [-0.1, -0.05) is 18.7 Å². The lowest BCUT2D eigenvalue weighted by Crippen LogP contribution is -2.18. The molecule has 0 unspecified atom stereocenters. The van der Waals surface area contributed by atoms with Gasteiger partial charge in [-0.05, 0) is 5.57 Å². The average molecular weight is 177 g/mol. The summed E-state index contributed by atoms with van der Waals surface area (Å²) in [6.45, 7) is 5.05. The molecule has 0 saturated carbocycles. The first-order chi connectivity index (χ1) is 6.35. The maximum Gasteiger partial charge on any atom is 0.0635 e. The molecule has 0 amide bonds. The van der Waals surface area contributed by atoms with E-state index in [0.29, 0.717) is 13.0 Å². The van der Waals surface area contributed by atoms with Crippen LogP contribution in [0.5, 0.6) is 0 Å². The highest BCUT2D eigenvalue weighted by Crippen LogP contribution is 1.88. The first kappa shape index (κ1) is 11.6. The molecule has 0 radical (unpaired) electrons. The number of nitrogens with one attached hydrogen (secondary N) is 1. The lowest BCUT2D eigenvalue weighted by molar-refractivity contribution is 0.754. The fourth-order valence-corrected chi connectivity index (χ4v) is 0.842. The number of nitrogens with zero attached hydrogens (tertiary/aromatic N) is 2. The second-order valence-electron chi connectivity index (χ2n) is 2.45. The van der Waals surface area contributed by atoms with Crippen molar-refractivity contribution in [3.63, 3.8) is 0 Å². The Balaban J connectivity index is 3.78. The summed E-state index contributed by atoms with van der Waals surface area (Å²) in [7, 11) is 1.73. The first-order valence-corrected chi connectivity index (χ1v) is 4.16. The molecule has 3 nitrogen and oxygen atoms in total. The number of nitriles is 1. The topological polar surface area (TPSA) is 48.2 Å². The Kier molecular flexibility index (Phi) is 7.76. The molecule has 0 bridgehead atoms. The molecular weight excluding hydrogens is 162 g/mol. The summed E-state index contributed by atoms with van der Waals surface area (Å²) in [5.74, 6) is 0. The van der Waals surface area contributed by atoms with E-state index in [0.717, 1.165) is 12.1 Å². The van der Waals surface area contributed by atoms with Crippen LogP contribution in [0.4, 0.5) is 0 Å². The Morgan fingerprint density at radius 1 is 1.69 bits per heavy atom. The van der Waals surface area contributed by atoms with E-state index in [1.807, 2.05) is 6.08 Å². The van der Waals surface area contributed by atoms with Gasteiger partial charge in [0, 0.05) is 32.8 Å². The van der Waals surface area contributed by atoms with Crippen LogP contribution in [0.25, 0.3) is 0 Å². The molecule has 0 aliphatic rings. The van der Waals surface area contributed by atoms with Crippen molar-refractivity contribution < 1.29 is 0 Å².